The van der Waals surface area contributed by atoms with E-state index in [0.717, 1.165) is 29.3 Å². The smallest absolute Gasteiger partial charge is 0.172 e. The Labute approximate surface area is 169 Å². The monoisotopic (exact) mass is 390 g/mol. The first-order chi connectivity index (χ1) is 13.7. The van der Waals surface area contributed by atoms with Gasteiger partial charge in [0.15, 0.2) is 16.7 Å². The maximum absolute atomic E-state index is 9.51. The van der Waals surface area contributed by atoms with Crippen LogP contribution in [0.1, 0.15) is 43.2 Å². The largest absolute Gasteiger partial charge is 0.360 e. The van der Waals surface area contributed by atoms with Crippen LogP contribution < -0.4 is 10.6 Å². The number of anilines is 1. The summed E-state index contributed by atoms with van der Waals surface area (Å²) in [5, 5.41) is 22.1. The molecule has 142 valence electrons. The van der Waals surface area contributed by atoms with Gasteiger partial charge in [-0.25, -0.2) is 4.98 Å². The van der Waals surface area contributed by atoms with E-state index >= 15 is 0 Å². The molecule has 1 aliphatic rings. The number of nitrogens with one attached hydrogen (secondary N) is 2. The molecule has 1 fully saturated rings. The number of pyridine rings is 1. The van der Waals surface area contributed by atoms with Crippen LogP contribution in [0.3, 0.4) is 0 Å². The lowest BCUT2D eigenvalue weighted by Crippen LogP contribution is -2.39. The molecule has 2 N–H and O–H groups in total. The highest BCUT2D eigenvalue weighted by Crippen LogP contribution is 2.24. The fourth-order valence-corrected chi connectivity index (χ4v) is 4.00. The molecule has 0 bridgehead atoms. The highest BCUT2D eigenvalue weighted by Gasteiger charge is 2.18. The second kappa shape index (κ2) is 7.95. The van der Waals surface area contributed by atoms with Gasteiger partial charge in [0.25, 0.3) is 0 Å². The van der Waals surface area contributed by atoms with Gasteiger partial charge in [-0.05, 0) is 49.7 Å². The first-order valence-corrected chi connectivity index (χ1v) is 9.99. The van der Waals surface area contributed by atoms with Crippen molar-refractivity contribution in [1.29, 1.82) is 5.26 Å². The SMILES string of the molecule is Cc1cc(-n2ncc(C#N)c2NC(=S)NC2CCCCC2)nc2ccccc12. The van der Waals surface area contributed by atoms with Crippen LogP contribution in [-0.4, -0.2) is 25.9 Å². The lowest BCUT2D eigenvalue weighted by Gasteiger charge is -2.24. The van der Waals surface area contributed by atoms with Crippen LogP contribution in [0.2, 0.25) is 0 Å². The van der Waals surface area contributed by atoms with Crippen molar-refractivity contribution >= 4 is 34.1 Å². The summed E-state index contributed by atoms with van der Waals surface area (Å²) < 4.78 is 1.65. The maximum atomic E-state index is 9.51. The van der Waals surface area contributed by atoms with Crippen LogP contribution in [0.15, 0.2) is 36.5 Å². The molecule has 1 saturated carbocycles. The fourth-order valence-electron chi connectivity index (χ4n) is 3.74. The van der Waals surface area contributed by atoms with Crippen LogP contribution in [0.4, 0.5) is 5.82 Å². The van der Waals surface area contributed by atoms with E-state index in [9.17, 15) is 5.26 Å². The van der Waals surface area contributed by atoms with Crippen molar-refractivity contribution in [2.45, 2.75) is 45.1 Å². The summed E-state index contributed by atoms with van der Waals surface area (Å²) in [5.74, 6) is 1.19. The highest BCUT2D eigenvalue weighted by molar-refractivity contribution is 7.80. The van der Waals surface area contributed by atoms with E-state index in [0.29, 0.717) is 28.4 Å². The lowest BCUT2D eigenvalue weighted by atomic mass is 9.96. The summed E-state index contributed by atoms with van der Waals surface area (Å²) in [5.41, 5.74) is 2.42. The average Bonchev–Trinajstić information content (AvgIpc) is 3.11. The first kappa shape index (κ1) is 18.4. The number of nitriles is 1. The molecule has 7 heteroatoms. The molecular formula is C21H22N6S. The van der Waals surface area contributed by atoms with Crippen molar-refractivity contribution in [2.75, 3.05) is 5.32 Å². The molecule has 3 aromatic rings. The molecular weight excluding hydrogens is 368 g/mol. The number of aryl methyl sites for hydroxylation is 1. The number of hydrogen-bond acceptors (Lipinski definition) is 4. The summed E-state index contributed by atoms with van der Waals surface area (Å²) in [6.07, 6.45) is 7.52. The quantitative estimate of drug-likeness (QED) is 0.652. The van der Waals surface area contributed by atoms with E-state index in [1.54, 1.807) is 4.68 Å². The van der Waals surface area contributed by atoms with Crippen LogP contribution in [0.25, 0.3) is 16.7 Å². The molecule has 28 heavy (non-hydrogen) atoms. The van der Waals surface area contributed by atoms with Crippen LogP contribution in [0, 0.1) is 18.3 Å². The lowest BCUT2D eigenvalue weighted by molar-refractivity contribution is 0.414. The average molecular weight is 391 g/mol. The number of thiocarbonyl (C=S) groups is 1. The van der Waals surface area contributed by atoms with Crippen LogP contribution in [-0.2, 0) is 0 Å². The molecule has 0 amide bonds. The van der Waals surface area contributed by atoms with Gasteiger partial charge in [-0.15, -0.1) is 0 Å². The molecule has 1 aromatic carbocycles. The fraction of sp³-hybridized carbons (Fsp3) is 0.333. The van der Waals surface area contributed by atoms with Gasteiger partial charge in [-0.1, -0.05) is 37.5 Å². The molecule has 1 aliphatic carbocycles. The Hall–Kier alpha value is -2.98. The van der Waals surface area contributed by atoms with Gasteiger partial charge in [-0.2, -0.15) is 15.0 Å². The number of nitrogens with zero attached hydrogens (tertiary/aromatic N) is 4. The Morgan fingerprint density at radius 2 is 2.04 bits per heavy atom. The molecule has 2 heterocycles. The summed E-state index contributed by atoms with van der Waals surface area (Å²) >= 11 is 5.51. The summed E-state index contributed by atoms with van der Waals surface area (Å²) in [6.45, 7) is 2.05. The van der Waals surface area contributed by atoms with Gasteiger partial charge in [0.2, 0.25) is 0 Å². The zero-order chi connectivity index (χ0) is 19.5. The van der Waals surface area contributed by atoms with Gasteiger partial charge in [-0.3, -0.25) is 0 Å². The Kier molecular flexibility index (Phi) is 5.22. The third kappa shape index (κ3) is 3.69. The van der Waals surface area contributed by atoms with E-state index in [1.807, 2.05) is 37.3 Å². The summed E-state index contributed by atoms with van der Waals surface area (Å²) in [6, 6.07) is 12.5. The Morgan fingerprint density at radius 3 is 2.82 bits per heavy atom. The Balaban J connectivity index is 1.65. The molecule has 0 spiro atoms. The topological polar surface area (TPSA) is 78.6 Å². The van der Waals surface area contributed by atoms with Crippen LogP contribution in [0.5, 0.6) is 0 Å². The maximum Gasteiger partial charge on any atom is 0.172 e. The van der Waals surface area contributed by atoms with E-state index in [-0.39, 0.29) is 0 Å². The van der Waals surface area contributed by atoms with Gasteiger partial charge in [0.1, 0.15) is 11.6 Å². The van der Waals surface area contributed by atoms with Gasteiger partial charge in [0, 0.05) is 11.4 Å². The van der Waals surface area contributed by atoms with Crippen molar-refractivity contribution in [3.05, 3.63) is 47.7 Å². The molecule has 0 saturated heterocycles. The van der Waals surface area contributed by atoms with E-state index in [1.165, 1.54) is 25.5 Å². The second-order valence-electron chi connectivity index (χ2n) is 7.18. The molecule has 0 atom stereocenters. The minimum absolute atomic E-state index is 0.386. The van der Waals surface area contributed by atoms with Gasteiger partial charge < -0.3 is 10.6 Å². The Bertz CT molecular complexity index is 1060. The van der Waals surface area contributed by atoms with Crippen molar-refractivity contribution in [3.8, 4) is 11.9 Å². The third-order valence-electron chi connectivity index (χ3n) is 5.19. The number of rotatable bonds is 3. The van der Waals surface area contributed by atoms with Gasteiger partial charge >= 0.3 is 0 Å². The van der Waals surface area contributed by atoms with Crippen molar-refractivity contribution in [2.24, 2.45) is 0 Å². The zero-order valence-electron chi connectivity index (χ0n) is 15.8. The second-order valence-corrected chi connectivity index (χ2v) is 7.59. The van der Waals surface area contributed by atoms with E-state index in [2.05, 4.69) is 21.8 Å². The predicted octanol–water partition coefficient (Wildman–Crippen LogP) is 4.22. The third-order valence-corrected chi connectivity index (χ3v) is 5.41. The number of hydrogen-bond donors (Lipinski definition) is 2. The molecule has 0 radical (unpaired) electrons. The van der Waals surface area contributed by atoms with Crippen molar-refractivity contribution in [1.82, 2.24) is 20.1 Å². The van der Waals surface area contributed by atoms with Crippen molar-refractivity contribution in [3.63, 3.8) is 0 Å². The Morgan fingerprint density at radius 1 is 1.25 bits per heavy atom. The number of fused-ring (bicyclic) bond motifs is 1. The molecule has 0 aliphatic heterocycles. The first-order valence-electron chi connectivity index (χ1n) is 9.58. The summed E-state index contributed by atoms with van der Waals surface area (Å²) in [4.78, 5) is 4.72. The van der Waals surface area contributed by atoms with E-state index in [4.69, 9.17) is 17.2 Å². The number of para-hydroxylation sites is 1. The highest BCUT2D eigenvalue weighted by atomic mass is 32.1. The number of aromatic nitrogens is 3. The number of benzene rings is 1. The minimum atomic E-state index is 0.386. The molecule has 0 unspecified atom stereocenters. The minimum Gasteiger partial charge on any atom is -0.360 e. The molecule has 4 rings (SSSR count). The van der Waals surface area contributed by atoms with E-state index < -0.39 is 0 Å². The summed E-state index contributed by atoms with van der Waals surface area (Å²) in [7, 11) is 0. The predicted molar refractivity (Wildman–Crippen MR) is 115 cm³/mol. The van der Waals surface area contributed by atoms with Crippen LogP contribution >= 0.6 is 12.2 Å². The normalized spacial score (nSPS) is 14.6. The molecule has 2 aromatic heterocycles. The molecule has 6 nitrogen and oxygen atoms in total. The van der Waals surface area contributed by atoms with Crippen molar-refractivity contribution < 1.29 is 0 Å². The standard InChI is InChI=1S/C21H22N6S/c1-14-11-19(25-18-10-6-5-9-17(14)18)27-20(15(12-22)13-23-27)26-21(28)24-16-7-3-2-4-8-16/h5-6,9-11,13,16H,2-4,7-8H2,1H3,(H2,24,26,28). The zero-order valence-corrected chi connectivity index (χ0v) is 16.6. The van der Waals surface area contributed by atoms with Gasteiger partial charge in [0.05, 0.1) is 11.7 Å².